The van der Waals surface area contributed by atoms with Gasteiger partial charge < -0.3 is 14.4 Å². The molecule has 0 bridgehead atoms. The first-order chi connectivity index (χ1) is 10.7. The van der Waals surface area contributed by atoms with E-state index in [1.165, 1.54) is 0 Å². The second-order valence-corrected chi connectivity index (χ2v) is 5.55. The lowest BCUT2D eigenvalue weighted by atomic mass is 10.3. The normalized spacial score (nSPS) is 18.3. The number of esters is 1. The maximum absolute atomic E-state index is 12.4. The molecule has 0 radical (unpaired) electrons. The summed E-state index contributed by atoms with van der Waals surface area (Å²) in [4.78, 5) is 30.8. The molecular weight excluding hydrogens is 286 g/mol. The zero-order chi connectivity index (χ0) is 15.5. The molecule has 0 aromatic carbocycles. The Morgan fingerprint density at radius 2 is 2.14 bits per heavy atom. The van der Waals surface area contributed by atoms with E-state index in [-0.39, 0.29) is 24.0 Å². The maximum Gasteiger partial charge on any atom is 0.313 e. The Hall–Kier alpha value is -1.89. The minimum atomic E-state index is -0.345. The molecule has 1 aliphatic carbocycles. The molecule has 0 amide bonds. The van der Waals surface area contributed by atoms with Crippen molar-refractivity contribution < 1.29 is 14.3 Å². The maximum atomic E-state index is 12.4. The van der Waals surface area contributed by atoms with Crippen molar-refractivity contribution in [3.05, 3.63) is 22.2 Å². The third kappa shape index (κ3) is 3.30. The van der Waals surface area contributed by atoms with Crippen LogP contribution >= 0.6 is 0 Å². The number of rotatable bonds is 5. The summed E-state index contributed by atoms with van der Waals surface area (Å²) in [6.07, 6.45) is 1.97. The minimum absolute atomic E-state index is 0.0394. The number of hydrogen-bond donors (Lipinski definition) is 0. The van der Waals surface area contributed by atoms with Crippen LogP contribution in [0.15, 0.2) is 10.9 Å². The number of hydrogen-bond acceptors (Lipinski definition) is 6. The Morgan fingerprint density at radius 3 is 2.77 bits per heavy atom. The molecule has 22 heavy (non-hydrogen) atoms. The van der Waals surface area contributed by atoms with Gasteiger partial charge in [-0.3, -0.25) is 14.2 Å². The van der Waals surface area contributed by atoms with E-state index in [0.29, 0.717) is 44.6 Å². The summed E-state index contributed by atoms with van der Waals surface area (Å²) in [5, 5.41) is 0. The summed E-state index contributed by atoms with van der Waals surface area (Å²) in [6.45, 7) is 4.76. The first-order valence-electron chi connectivity index (χ1n) is 7.80. The second kappa shape index (κ2) is 6.48. The summed E-state index contributed by atoms with van der Waals surface area (Å²) in [5.74, 6) is 0.794. The molecule has 7 heteroatoms. The molecule has 0 N–H and O–H groups in total. The van der Waals surface area contributed by atoms with E-state index in [1.54, 1.807) is 17.6 Å². The number of aromatic nitrogens is 2. The van der Waals surface area contributed by atoms with Crippen molar-refractivity contribution in [2.24, 2.45) is 0 Å². The van der Waals surface area contributed by atoms with Crippen LogP contribution in [0.3, 0.4) is 0 Å². The van der Waals surface area contributed by atoms with Crippen LogP contribution in [0.2, 0.25) is 0 Å². The van der Waals surface area contributed by atoms with Gasteiger partial charge >= 0.3 is 5.97 Å². The zero-order valence-corrected chi connectivity index (χ0v) is 12.8. The quantitative estimate of drug-likeness (QED) is 0.738. The average Bonchev–Trinajstić information content (AvgIpc) is 3.32. The lowest BCUT2D eigenvalue weighted by molar-refractivity contribution is -0.142. The fourth-order valence-corrected chi connectivity index (χ4v) is 2.67. The van der Waals surface area contributed by atoms with Gasteiger partial charge in [-0.1, -0.05) is 0 Å². The van der Waals surface area contributed by atoms with E-state index in [0.717, 1.165) is 12.8 Å². The number of nitrogens with zero attached hydrogens (tertiary/aromatic N) is 3. The van der Waals surface area contributed by atoms with Crippen LogP contribution in [-0.4, -0.2) is 48.4 Å². The van der Waals surface area contributed by atoms with Gasteiger partial charge in [-0.15, -0.1) is 0 Å². The van der Waals surface area contributed by atoms with Gasteiger partial charge in [-0.25, -0.2) is 4.98 Å². The van der Waals surface area contributed by atoms with E-state index in [1.807, 2.05) is 4.90 Å². The highest BCUT2D eigenvalue weighted by Gasteiger charge is 2.29. The van der Waals surface area contributed by atoms with Gasteiger partial charge in [-0.05, 0) is 19.8 Å². The van der Waals surface area contributed by atoms with E-state index in [2.05, 4.69) is 4.98 Å². The van der Waals surface area contributed by atoms with E-state index in [4.69, 9.17) is 9.47 Å². The summed E-state index contributed by atoms with van der Waals surface area (Å²) in [7, 11) is 0. The molecule has 3 rings (SSSR count). The van der Waals surface area contributed by atoms with Crippen LogP contribution in [0, 0.1) is 0 Å². The Labute approximate surface area is 128 Å². The van der Waals surface area contributed by atoms with E-state index in [9.17, 15) is 9.59 Å². The Kier molecular flexibility index (Phi) is 4.42. The lowest BCUT2D eigenvalue weighted by Gasteiger charge is -2.28. The predicted octanol–water partition coefficient (Wildman–Crippen LogP) is 0.520. The predicted molar refractivity (Wildman–Crippen MR) is 80.1 cm³/mol. The van der Waals surface area contributed by atoms with Crippen molar-refractivity contribution in [3.8, 4) is 0 Å². The molecule has 2 aliphatic rings. The van der Waals surface area contributed by atoms with Crippen molar-refractivity contribution in [2.45, 2.75) is 32.2 Å². The van der Waals surface area contributed by atoms with Crippen LogP contribution in [-0.2, 0) is 20.7 Å². The topological polar surface area (TPSA) is 73.7 Å². The molecule has 0 spiro atoms. The highest BCUT2D eigenvalue weighted by molar-refractivity contribution is 5.71. The number of morpholine rings is 1. The van der Waals surface area contributed by atoms with Crippen molar-refractivity contribution in [3.63, 3.8) is 0 Å². The van der Waals surface area contributed by atoms with Crippen molar-refractivity contribution in [2.75, 3.05) is 37.8 Å². The van der Waals surface area contributed by atoms with Gasteiger partial charge in [-0.2, -0.15) is 0 Å². The van der Waals surface area contributed by atoms with Crippen LogP contribution < -0.4 is 10.5 Å². The third-order valence-corrected chi connectivity index (χ3v) is 3.87. The molecule has 1 aromatic rings. The van der Waals surface area contributed by atoms with Crippen molar-refractivity contribution in [1.82, 2.24) is 9.55 Å². The SMILES string of the molecule is CCOC(=O)Cc1nc(N2CCOCC2)cc(=O)n1C1CC1. The molecule has 0 unspecified atom stereocenters. The fourth-order valence-electron chi connectivity index (χ4n) is 2.67. The highest BCUT2D eigenvalue weighted by atomic mass is 16.5. The van der Waals surface area contributed by atoms with Gasteiger partial charge in [0, 0.05) is 25.2 Å². The van der Waals surface area contributed by atoms with Crippen LogP contribution in [0.1, 0.15) is 31.6 Å². The first-order valence-corrected chi connectivity index (χ1v) is 7.80. The van der Waals surface area contributed by atoms with Crippen LogP contribution in [0.4, 0.5) is 5.82 Å². The fraction of sp³-hybridized carbons (Fsp3) is 0.667. The monoisotopic (exact) mass is 307 g/mol. The minimum Gasteiger partial charge on any atom is -0.466 e. The molecular formula is C15H21N3O4. The summed E-state index contributed by atoms with van der Waals surface area (Å²) in [6, 6.07) is 1.75. The van der Waals surface area contributed by atoms with Crippen LogP contribution in [0.5, 0.6) is 0 Å². The van der Waals surface area contributed by atoms with E-state index >= 15 is 0 Å². The van der Waals surface area contributed by atoms with Crippen molar-refractivity contribution >= 4 is 11.8 Å². The second-order valence-electron chi connectivity index (χ2n) is 5.55. The lowest BCUT2D eigenvalue weighted by Crippen LogP contribution is -2.38. The number of carbonyl (C=O) groups is 1. The Bertz CT molecular complexity index is 603. The summed E-state index contributed by atoms with van der Waals surface area (Å²) >= 11 is 0. The van der Waals surface area contributed by atoms with Gasteiger partial charge in [0.05, 0.1) is 19.8 Å². The first kappa shape index (κ1) is 15.0. The molecule has 1 saturated heterocycles. The molecule has 2 heterocycles. The molecule has 7 nitrogen and oxygen atoms in total. The third-order valence-electron chi connectivity index (χ3n) is 3.87. The molecule has 2 fully saturated rings. The van der Waals surface area contributed by atoms with Gasteiger partial charge in [0.1, 0.15) is 18.1 Å². The number of carbonyl (C=O) groups excluding carboxylic acids is 1. The smallest absolute Gasteiger partial charge is 0.313 e. The Morgan fingerprint density at radius 1 is 1.41 bits per heavy atom. The average molecular weight is 307 g/mol. The Balaban J connectivity index is 1.91. The van der Waals surface area contributed by atoms with Crippen molar-refractivity contribution in [1.29, 1.82) is 0 Å². The number of ether oxygens (including phenoxy) is 2. The standard InChI is InChI=1S/C15H21N3O4/c1-2-22-15(20)10-13-16-12(17-5-7-21-8-6-17)9-14(19)18(13)11-3-4-11/h9,11H,2-8,10H2,1H3. The molecule has 0 atom stereocenters. The summed E-state index contributed by atoms with van der Waals surface area (Å²) in [5.41, 5.74) is -0.0849. The summed E-state index contributed by atoms with van der Waals surface area (Å²) < 4.78 is 12.0. The van der Waals surface area contributed by atoms with Crippen LogP contribution in [0.25, 0.3) is 0 Å². The van der Waals surface area contributed by atoms with Gasteiger partial charge in [0.25, 0.3) is 5.56 Å². The molecule has 1 saturated carbocycles. The number of anilines is 1. The largest absolute Gasteiger partial charge is 0.466 e. The van der Waals surface area contributed by atoms with Gasteiger partial charge in [0.15, 0.2) is 0 Å². The van der Waals surface area contributed by atoms with Gasteiger partial charge in [0.2, 0.25) is 0 Å². The zero-order valence-electron chi connectivity index (χ0n) is 12.8. The highest BCUT2D eigenvalue weighted by Crippen LogP contribution is 2.34. The molecule has 1 aliphatic heterocycles. The van der Waals surface area contributed by atoms with E-state index < -0.39 is 0 Å². The molecule has 1 aromatic heterocycles. The molecule has 120 valence electrons.